The molecule has 7 heteroatoms. The highest BCUT2D eigenvalue weighted by molar-refractivity contribution is 7.89. The third-order valence-electron chi connectivity index (χ3n) is 3.94. The summed E-state index contributed by atoms with van der Waals surface area (Å²) in [6.07, 6.45) is 1.85. The van der Waals surface area contributed by atoms with E-state index in [4.69, 9.17) is 11.5 Å². The summed E-state index contributed by atoms with van der Waals surface area (Å²) in [5, 5.41) is 0. The molecule has 1 aliphatic heterocycles. The predicted octanol–water partition coefficient (Wildman–Crippen LogP) is 1.18. The molecule has 1 saturated heterocycles. The van der Waals surface area contributed by atoms with Crippen LogP contribution in [0.15, 0.2) is 23.1 Å². The van der Waals surface area contributed by atoms with Crippen LogP contribution in [-0.4, -0.2) is 31.2 Å². The number of nitrogen functional groups attached to an aromatic ring is 1. The number of primary amides is 1. The van der Waals surface area contributed by atoms with Gasteiger partial charge in [0.05, 0.1) is 5.69 Å². The minimum Gasteiger partial charge on any atom is -0.398 e. The Morgan fingerprint density at radius 3 is 2.52 bits per heavy atom. The third-order valence-corrected chi connectivity index (χ3v) is 6.00. The molecule has 4 N–H and O–H groups in total. The van der Waals surface area contributed by atoms with E-state index in [0.717, 1.165) is 12.8 Å². The van der Waals surface area contributed by atoms with Crippen molar-refractivity contribution in [2.45, 2.75) is 37.6 Å². The number of anilines is 1. The number of nitrogens with zero attached hydrogens (tertiary/aromatic N) is 1. The summed E-state index contributed by atoms with van der Waals surface area (Å²) in [5.41, 5.74) is 11.2. The Balaban J connectivity index is 2.41. The Morgan fingerprint density at radius 1 is 1.29 bits per heavy atom. The lowest BCUT2D eigenvalue weighted by atomic mass is 9.97. The Hall–Kier alpha value is -1.60. The van der Waals surface area contributed by atoms with Gasteiger partial charge >= 0.3 is 0 Å². The van der Waals surface area contributed by atoms with E-state index in [9.17, 15) is 13.2 Å². The molecule has 0 aromatic heterocycles. The lowest BCUT2D eigenvalue weighted by Gasteiger charge is -2.35. The van der Waals surface area contributed by atoms with E-state index in [1.54, 1.807) is 0 Å². The van der Waals surface area contributed by atoms with E-state index < -0.39 is 15.9 Å². The van der Waals surface area contributed by atoms with Crippen LogP contribution in [0.1, 0.15) is 37.0 Å². The molecule has 0 saturated carbocycles. The maximum atomic E-state index is 12.8. The molecule has 0 spiro atoms. The SMILES string of the molecule is CC1CCC(C)N(S(=O)(=O)c2ccc(C(N)=O)cc2N)C1. The average molecular weight is 311 g/mol. The third kappa shape index (κ3) is 3.03. The van der Waals surface area contributed by atoms with Gasteiger partial charge < -0.3 is 11.5 Å². The van der Waals surface area contributed by atoms with E-state index in [2.05, 4.69) is 0 Å². The Labute approximate surface area is 125 Å². The van der Waals surface area contributed by atoms with Crippen LogP contribution in [0, 0.1) is 5.92 Å². The number of benzene rings is 1. The lowest BCUT2D eigenvalue weighted by molar-refractivity contribution is 0.1000. The smallest absolute Gasteiger partial charge is 0.248 e. The zero-order valence-corrected chi connectivity index (χ0v) is 13.1. The molecule has 6 nitrogen and oxygen atoms in total. The molecule has 1 fully saturated rings. The fourth-order valence-corrected chi connectivity index (χ4v) is 4.53. The summed E-state index contributed by atoms with van der Waals surface area (Å²) in [6.45, 7) is 4.42. The molecule has 0 radical (unpaired) electrons. The zero-order valence-electron chi connectivity index (χ0n) is 12.2. The lowest BCUT2D eigenvalue weighted by Crippen LogP contribution is -2.45. The highest BCUT2D eigenvalue weighted by Crippen LogP contribution is 2.30. The van der Waals surface area contributed by atoms with Gasteiger partial charge in [-0.3, -0.25) is 4.79 Å². The summed E-state index contributed by atoms with van der Waals surface area (Å²) in [5.74, 6) is -0.312. The van der Waals surface area contributed by atoms with Crippen molar-refractivity contribution < 1.29 is 13.2 Å². The fraction of sp³-hybridized carbons (Fsp3) is 0.500. The van der Waals surface area contributed by atoms with E-state index in [0.29, 0.717) is 12.5 Å². The number of hydrogen-bond acceptors (Lipinski definition) is 4. The Kier molecular flexibility index (Phi) is 4.25. The summed E-state index contributed by atoms with van der Waals surface area (Å²) in [4.78, 5) is 11.2. The van der Waals surface area contributed by atoms with Crippen LogP contribution in [0.5, 0.6) is 0 Å². The second-order valence-electron chi connectivity index (χ2n) is 5.72. The van der Waals surface area contributed by atoms with Crippen molar-refractivity contribution >= 4 is 21.6 Å². The van der Waals surface area contributed by atoms with Crippen molar-refractivity contribution in [3.8, 4) is 0 Å². The summed E-state index contributed by atoms with van der Waals surface area (Å²) < 4.78 is 27.0. The van der Waals surface area contributed by atoms with Gasteiger partial charge in [-0.2, -0.15) is 4.31 Å². The molecular weight excluding hydrogens is 290 g/mol. The molecule has 0 bridgehead atoms. The van der Waals surface area contributed by atoms with Gasteiger partial charge in [-0.05, 0) is 43.9 Å². The molecule has 0 aliphatic carbocycles. The van der Waals surface area contributed by atoms with E-state index >= 15 is 0 Å². The first-order valence-electron chi connectivity index (χ1n) is 6.94. The minimum absolute atomic E-state index is 0.0356. The van der Waals surface area contributed by atoms with Crippen molar-refractivity contribution in [2.24, 2.45) is 11.7 Å². The topological polar surface area (TPSA) is 106 Å². The second kappa shape index (κ2) is 5.65. The van der Waals surface area contributed by atoms with Crippen molar-refractivity contribution in [3.05, 3.63) is 23.8 Å². The van der Waals surface area contributed by atoms with Gasteiger partial charge in [0.15, 0.2) is 0 Å². The van der Waals surface area contributed by atoms with Crippen molar-refractivity contribution in [1.29, 1.82) is 0 Å². The average Bonchev–Trinajstić information content (AvgIpc) is 2.40. The summed E-state index contributed by atoms with van der Waals surface area (Å²) >= 11 is 0. The quantitative estimate of drug-likeness (QED) is 0.817. The van der Waals surface area contributed by atoms with Gasteiger partial charge in [0.25, 0.3) is 0 Å². The number of carbonyl (C=O) groups is 1. The van der Waals surface area contributed by atoms with Crippen LogP contribution in [0.25, 0.3) is 0 Å². The zero-order chi connectivity index (χ0) is 15.8. The highest BCUT2D eigenvalue weighted by Gasteiger charge is 2.34. The molecule has 1 aromatic carbocycles. The largest absolute Gasteiger partial charge is 0.398 e. The molecule has 2 atom stereocenters. The maximum Gasteiger partial charge on any atom is 0.248 e. The van der Waals surface area contributed by atoms with Crippen LogP contribution in [0.4, 0.5) is 5.69 Å². The number of hydrogen-bond donors (Lipinski definition) is 2. The molecule has 1 heterocycles. The first kappa shape index (κ1) is 15.8. The molecule has 2 rings (SSSR count). The minimum atomic E-state index is -3.66. The predicted molar refractivity (Wildman–Crippen MR) is 81.1 cm³/mol. The van der Waals surface area contributed by atoms with Gasteiger partial charge in [-0.15, -0.1) is 0 Å². The normalized spacial score (nSPS) is 23.9. The van der Waals surface area contributed by atoms with Crippen molar-refractivity contribution in [3.63, 3.8) is 0 Å². The first-order valence-corrected chi connectivity index (χ1v) is 8.38. The Bertz CT molecular complexity index is 657. The molecule has 1 amide bonds. The van der Waals surface area contributed by atoms with Crippen molar-refractivity contribution in [1.82, 2.24) is 4.31 Å². The van der Waals surface area contributed by atoms with Crippen LogP contribution in [-0.2, 0) is 10.0 Å². The summed E-state index contributed by atoms with van der Waals surface area (Å²) in [7, 11) is -3.66. The number of piperidine rings is 1. The van der Waals surface area contributed by atoms with E-state index in [1.807, 2.05) is 13.8 Å². The maximum absolute atomic E-state index is 12.8. The molecular formula is C14H21N3O3S. The molecule has 2 unspecified atom stereocenters. The number of rotatable bonds is 3. The molecule has 21 heavy (non-hydrogen) atoms. The first-order chi connectivity index (χ1) is 9.73. The fourth-order valence-electron chi connectivity index (χ4n) is 2.65. The number of carbonyl (C=O) groups excluding carboxylic acids is 1. The molecule has 1 aliphatic rings. The van der Waals surface area contributed by atoms with Crippen LogP contribution < -0.4 is 11.5 Å². The van der Waals surface area contributed by atoms with Gasteiger partial charge in [0.2, 0.25) is 15.9 Å². The van der Waals surface area contributed by atoms with E-state index in [-0.39, 0.29) is 22.2 Å². The summed E-state index contributed by atoms with van der Waals surface area (Å²) in [6, 6.07) is 4.01. The van der Waals surface area contributed by atoms with Crippen LogP contribution in [0.2, 0.25) is 0 Å². The molecule has 1 aromatic rings. The number of nitrogens with two attached hydrogens (primary N) is 2. The highest BCUT2D eigenvalue weighted by atomic mass is 32.2. The van der Waals surface area contributed by atoms with Gasteiger partial charge in [0.1, 0.15) is 4.90 Å². The monoisotopic (exact) mass is 311 g/mol. The van der Waals surface area contributed by atoms with Gasteiger partial charge in [-0.1, -0.05) is 6.92 Å². The number of amides is 1. The van der Waals surface area contributed by atoms with Gasteiger partial charge in [-0.25, -0.2) is 8.42 Å². The Morgan fingerprint density at radius 2 is 1.95 bits per heavy atom. The van der Waals surface area contributed by atoms with Crippen LogP contribution >= 0.6 is 0 Å². The van der Waals surface area contributed by atoms with Crippen molar-refractivity contribution in [2.75, 3.05) is 12.3 Å². The standard InChI is InChI=1S/C14H21N3O3S/c1-9-3-4-10(2)17(8-9)21(19,20)13-6-5-11(14(16)18)7-12(13)15/h5-7,9-10H,3-4,8,15H2,1-2H3,(H2,16,18). The van der Waals surface area contributed by atoms with Gasteiger partial charge in [0, 0.05) is 18.2 Å². The molecule has 116 valence electrons. The van der Waals surface area contributed by atoms with Crippen LogP contribution in [0.3, 0.4) is 0 Å². The number of sulfonamides is 1. The van der Waals surface area contributed by atoms with E-state index in [1.165, 1.54) is 22.5 Å². The second-order valence-corrected chi connectivity index (χ2v) is 7.58.